The second-order valence-electron chi connectivity index (χ2n) is 4.97. The van der Waals surface area contributed by atoms with Crippen LogP contribution >= 0.6 is 0 Å². The second kappa shape index (κ2) is 7.24. The molecule has 0 radical (unpaired) electrons. The monoisotopic (exact) mass is 302 g/mol. The van der Waals surface area contributed by atoms with Crippen molar-refractivity contribution in [3.8, 4) is 0 Å². The third kappa shape index (κ3) is 3.96. The normalized spacial score (nSPS) is 20.9. The molecule has 0 heterocycles. The first-order valence-corrected chi connectivity index (χ1v) is 7.43. The van der Waals surface area contributed by atoms with Crippen LogP contribution in [0.5, 0.6) is 0 Å². The van der Waals surface area contributed by atoms with Gasteiger partial charge in [0.1, 0.15) is 11.5 Å². The molecule has 3 N–H and O–H groups in total. The Morgan fingerprint density at radius 3 is 2.64 bits per heavy atom. The molecule has 0 aromatic heterocycles. The van der Waals surface area contributed by atoms with Crippen molar-refractivity contribution in [2.45, 2.75) is 26.0 Å². The van der Waals surface area contributed by atoms with Gasteiger partial charge in [0.05, 0.1) is 12.3 Å². The highest BCUT2D eigenvalue weighted by molar-refractivity contribution is 5.95. The molecule has 0 saturated heterocycles. The highest BCUT2D eigenvalue weighted by Gasteiger charge is 2.29. The van der Waals surface area contributed by atoms with Crippen molar-refractivity contribution in [2.24, 2.45) is 5.73 Å². The van der Waals surface area contributed by atoms with E-state index in [9.17, 15) is 4.79 Å². The molecule has 1 aliphatic rings. The highest BCUT2D eigenvalue weighted by Crippen LogP contribution is 2.25. The zero-order chi connectivity index (χ0) is 16.0. The van der Waals surface area contributed by atoms with Crippen LogP contribution in [-0.4, -0.2) is 24.8 Å². The van der Waals surface area contributed by atoms with Gasteiger partial charge in [-0.05, 0) is 26.0 Å². The van der Waals surface area contributed by atoms with Crippen LogP contribution in [0.4, 0.5) is 0 Å². The average molecular weight is 302 g/mol. The third-order valence-corrected chi connectivity index (χ3v) is 3.26. The standard InChI is InChI=1S/C17H22N2O3/c1-3-21-15-12-17(18,22-4-2)11-10-14(15)19-16(20)13-8-6-5-7-9-13/h5-10,12H,3-4,11,18H2,1-2H3,(H,19,20). The molecule has 2 rings (SSSR count). The summed E-state index contributed by atoms with van der Waals surface area (Å²) in [6.07, 6.45) is 4.03. The lowest BCUT2D eigenvalue weighted by molar-refractivity contribution is 0.000961. The van der Waals surface area contributed by atoms with E-state index in [2.05, 4.69) is 5.32 Å². The average Bonchev–Trinajstić information content (AvgIpc) is 2.51. The Morgan fingerprint density at radius 1 is 1.27 bits per heavy atom. The molecule has 0 spiro atoms. The fourth-order valence-corrected chi connectivity index (χ4v) is 2.26. The first-order valence-electron chi connectivity index (χ1n) is 7.43. The Bertz CT molecular complexity index is 581. The van der Waals surface area contributed by atoms with Gasteiger partial charge in [0.2, 0.25) is 0 Å². The van der Waals surface area contributed by atoms with Gasteiger partial charge in [-0.1, -0.05) is 24.3 Å². The molecule has 0 aliphatic heterocycles. The smallest absolute Gasteiger partial charge is 0.255 e. The Labute approximate surface area is 130 Å². The summed E-state index contributed by atoms with van der Waals surface area (Å²) in [5.74, 6) is 0.354. The summed E-state index contributed by atoms with van der Waals surface area (Å²) in [4.78, 5) is 12.3. The van der Waals surface area contributed by atoms with Gasteiger partial charge in [0.25, 0.3) is 5.91 Å². The van der Waals surface area contributed by atoms with Crippen molar-refractivity contribution in [2.75, 3.05) is 13.2 Å². The minimum absolute atomic E-state index is 0.182. The molecule has 5 heteroatoms. The van der Waals surface area contributed by atoms with E-state index in [1.54, 1.807) is 18.2 Å². The molecule has 5 nitrogen and oxygen atoms in total. The highest BCUT2D eigenvalue weighted by atomic mass is 16.5. The quantitative estimate of drug-likeness (QED) is 0.791. The molecule has 22 heavy (non-hydrogen) atoms. The van der Waals surface area contributed by atoms with Gasteiger partial charge in [0, 0.05) is 24.7 Å². The number of benzene rings is 1. The number of ether oxygens (including phenoxy) is 2. The number of amides is 1. The van der Waals surface area contributed by atoms with Gasteiger partial charge < -0.3 is 14.8 Å². The first kappa shape index (κ1) is 16.3. The Balaban J connectivity index is 2.15. The fraction of sp³-hybridized carbons (Fsp3) is 0.353. The van der Waals surface area contributed by atoms with Gasteiger partial charge >= 0.3 is 0 Å². The predicted octanol–water partition coefficient (Wildman–Crippen LogP) is 2.32. The number of nitrogens with one attached hydrogen (secondary N) is 1. The van der Waals surface area contributed by atoms with Crippen molar-refractivity contribution >= 4 is 5.91 Å². The molecular weight excluding hydrogens is 280 g/mol. The van der Waals surface area contributed by atoms with E-state index < -0.39 is 5.72 Å². The topological polar surface area (TPSA) is 73.6 Å². The fourth-order valence-electron chi connectivity index (χ4n) is 2.26. The lowest BCUT2D eigenvalue weighted by Crippen LogP contribution is -2.43. The summed E-state index contributed by atoms with van der Waals surface area (Å²) in [6.45, 7) is 4.75. The van der Waals surface area contributed by atoms with Crippen LogP contribution < -0.4 is 11.1 Å². The van der Waals surface area contributed by atoms with Crippen LogP contribution in [-0.2, 0) is 9.47 Å². The van der Waals surface area contributed by atoms with E-state index in [1.165, 1.54) is 0 Å². The Kier molecular flexibility index (Phi) is 5.35. The lowest BCUT2D eigenvalue weighted by Gasteiger charge is -2.30. The molecule has 1 amide bonds. The Morgan fingerprint density at radius 2 is 2.00 bits per heavy atom. The number of carbonyl (C=O) groups excluding carboxylic acids is 1. The molecule has 0 saturated carbocycles. The van der Waals surface area contributed by atoms with E-state index in [1.807, 2.05) is 38.1 Å². The molecule has 118 valence electrons. The van der Waals surface area contributed by atoms with Crippen LogP contribution in [0.15, 0.2) is 53.9 Å². The van der Waals surface area contributed by atoms with Crippen molar-refractivity contribution in [1.82, 2.24) is 5.32 Å². The van der Waals surface area contributed by atoms with Crippen molar-refractivity contribution in [1.29, 1.82) is 0 Å². The van der Waals surface area contributed by atoms with Gasteiger partial charge in [-0.25, -0.2) is 0 Å². The SMILES string of the molecule is CCOC1=CC(N)(OCC)CC=C1NC(=O)c1ccccc1. The lowest BCUT2D eigenvalue weighted by atomic mass is 10.0. The van der Waals surface area contributed by atoms with Crippen LogP contribution in [0, 0.1) is 0 Å². The maximum Gasteiger partial charge on any atom is 0.255 e. The van der Waals surface area contributed by atoms with Crippen LogP contribution in [0.1, 0.15) is 30.6 Å². The summed E-state index contributed by atoms with van der Waals surface area (Å²) in [7, 11) is 0. The number of carbonyl (C=O) groups is 1. The zero-order valence-corrected chi connectivity index (χ0v) is 13.0. The summed E-state index contributed by atoms with van der Waals surface area (Å²) in [5.41, 5.74) is 6.48. The number of hydrogen-bond donors (Lipinski definition) is 2. The first-order chi connectivity index (χ1) is 10.6. The Hall–Kier alpha value is -2.11. The van der Waals surface area contributed by atoms with E-state index in [0.717, 1.165) is 0 Å². The number of nitrogens with two attached hydrogens (primary N) is 1. The molecule has 1 aromatic rings. The molecule has 1 aromatic carbocycles. The van der Waals surface area contributed by atoms with Crippen molar-refractivity contribution in [3.05, 3.63) is 59.5 Å². The van der Waals surface area contributed by atoms with Crippen molar-refractivity contribution in [3.63, 3.8) is 0 Å². The minimum atomic E-state index is -0.889. The maximum absolute atomic E-state index is 12.3. The summed E-state index contributed by atoms with van der Waals surface area (Å²) >= 11 is 0. The van der Waals surface area contributed by atoms with Crippen molar-refractivity contribution < 1.29 is 14.3 Å². The molecule has 1 unspecified atom stereocenters. The van der Waals surface area contributed by atoms with Crippen LogP contribution in [0.25, 0.3) is 0 Å². The molecule has 0 bridgehead atoms. The van der Waals surface area contributed by atoms with Gasteiger partial charge in [-0.15, -0.1) is 0 Å². The number of rotatable bonds is 6. The molecule has 1 aliphatic carbocycles. The van der Waals surface area contributed by atoms with E-state index >= 15 is 0 Å². The second-order valence-corrected chi connectivity index (χ2v) is 4.97. The summed E-state index contributed by atoms with van der Waals surface area (Å²) in [6, 6.07) is 9.03. The largest absolute Gasteiger partial charge is 0.492 e. The minimum Gasteiger partial charge on any atom is -0.492 e. The molecular formula is C17H22N2O3. The van der Waals surface area contributed by atoms with Crippen LogP contribution in [0.2, 0.25) is 0 Å². The molecule has 1 atom stereocenters. The third-order valence-electron chi connectivity index (χ3n) is 3.26. The van der Waals surface area contributed by atoms with Gasteiger partial charge in [0.15, 0.2) is 0 Å². The zero-order valence-electron chi connectivity index (χ0n) is 13.0. The maximum atomic E-state index is 12.3. The summed E-state index contributed by atoms with van der Waals surface area (Å²) < 4.78 is 11.1. The van der Waals surface area contributed by atoms with E-state index in [-0.39, 0.29) is 5.91 Å². The molecule has 0 fully saturated rings. The number of hydrogen-bond acceptors (Lipinski definition) is 4. The van der Waals surface area contributed by atoms with E-state index in [4.69, 9.17) is 15.2 Å². The summed E-state index contributed by atoms with van der Waals surface area (Å²) in [5, 5.41) is 2.87. The van der Waals surface area contributed by atoms with E-state index in [0.29, 0.717) is 36.7 Å². The van der Waals surface area contributed by atoms with Gasteiger partial charge in [-0.2, -0.15) is 0 Å². The predicted molar refractivity (Wildman–Crippen MR) is 84.9 cm³/mol. The van der Waals surface area contributed by atoms with Gasteiger partial charge in [-0.3, -0.25) is 10.5 Å². The van der Waals surface area contributed by atoms with Crippen LogP contribution in [0.3, 0.4) is 0 Å².